The molecule has 100 valence electrons. The fraction of sp³-hybridized carbons (Fsp3) is 0.176. The molecule has 2 heterocycles. The van der Waals surface area contributed by atoms with Gasteiger partial charge >= 0.3 is 0 Å². The molecule has 0 saturated carbocycles. The molecular weight excluding hydrogens is 248 g/mol. The first-order valence-corrected chi connectivity index (χ1v) is 6.69. The van der Waals surface area contributed by atoms with Crippen LogP contribution in [0.4, 0.5) is 0 Å². The van der Waals surface area contributed by atoms with Gasteiger partial charge in [0.1, 0.15) is 6.10 Å². The summed E-state index contributed by atoms with van der Waals surface area (Å²) >= 11 is 0. The molecule has 20 heavy (non-hydrogen) atoms. The van der Waals surface area contributed by atoms with Crippen molar-refractivity contribution in [3.05, 3.63) is 71.7 Å². The second kappa shape index (κ2) is 5.39. The highest BCUT2D eigenvalue weighted by atomic mass is 16.3. The normalized spacial score (nSPS) is 12.5. The molecule has 3 aromatic rings. The van der Waals surface area contributed by atoms with Crippen LogP contribution >= 0.6 is 0 Å². The number of pyridine rings is 2. The van der Waals surface area contributed by atoms with Crippen molar-refractivity contribution in [3.63, 3.8) is 0 Å². The third-order valence-corrected chi connectivity index (χ3v) is 3.31. The van der Waals surface area contributed by atoms with Crippen molar-refractivity contribution in [2.75, 3.05) is 0 Å². The highest BCUT2D eigenvalue weighted by Gasteiger charge is 2.11. The molecule has 0 saturated heterocycles. The van der Waals surface area contributed by atoms with Gasteiger partial charge in [-0.05, 0) is 31.2 Å². The van der Waals surface area contributed by atoms with E-state index >= 15 is 0 Å². The van der Waals surface area contributed by atoms with Crippen molar-refractivity contribution in [2.24, 2.45) is 0 Å². The number of hydrogen-bond donors (Lipinski definition) is 1. The van der Waals surface area contributed by atoms with Gasteiger partial charge in [0.15, 0.2) is 0 Å². The minimum atomic E-state index is -0.622. The maximum Gasteiger partial charge on any atom is 0.101 e. The van der Waals surface area contributed by atoms with Gasteiger partial charge < -0.3 is 5.11 Å². The summed E-state index contributed by atoms with van der Waals surface area (Å²) < 4.78 is 0. The van der Waals surface area contributed by atoms with Crippen LogP contribution in [-0.4, -0.2) is 15.1 Å². The monoisotopic (exact) mass is 264 g/mol. The first-order chi connectivity index (χ1) is 9.72. The molecule has 1 aromatic carbocycles. The highest BCUT2D eigenvalue weighted by Crippen LogP contribution is 2.18. The largest absolute Gasteiger partial charge is 0.386 e. The molecule has 0 spiro atoms. The van der Waals surface area contributed by atoms with Crippen LogP contribution in [0.15, 0.2) is 54.6 Å². The summed E-state index contributed by atoms with van der Waals surface area (Å²) in [6.07, 6.45) is -0.148. The summed E-state index contributed by atoms with van der Waals surface area (Å²) in [5.74, 6) is 0. The van der Waals surface area contributed by atoms with Gasteiger partial charge in [0.2, 0.25) is 0 Å². The van der Waals surface area contributed by atoms with Gasteiger partial charge in [-0.1, -0.05) is 30.3 Å². The van der Waals surface area contributed by atoms with Gasteiger partial charge in [-0.3, -0.25) is 9.97 Å². The fourth-order valence-corrected chi connectivity index (χ4v) is 2.27. The Morgan fingerprint density at radius 3 is 2.65 bits per heavy atom. The summed E-state index contributed by atoms with van der Waals surface area (Å²) in [6, 6.07) is 17.7. The second-order valence-corrected chi connectivity index (χ2v) is 4.92. The van der Waals surface area contributed by atoms with Crippen molar-refractivity contribution in [2.45, 2.75) is 19.4 Å². The molecule has 1 atom stereocenters. The Kier molecular flexibility index (Phi) is 3.44. The average molecular weight is 264 g/mol. The Bertz CT molecular complexity index is 740. The zero-order valence-corrected chi connectivity index (χ0v) is 11.3. The molecule has 0 aliphatic carbocycles. The third-order valence-electron chi connectivity index (χ3n) is 3.31. The zero-order valence-electron chi connectivity index (χ0n) is 11.3. The van der Waals surface area contributed by atoms with E-state index in [2.05, 4.69) is 9.97 Å². The SMILES string of the molecule is Cc1cccc(C(O)Cc2ccc3ccccc3n2)n1. The topological polar surface area (TPSA) is 46.0 Å². The number of aliphatic hydroxyl groups is 1. The Balaban J connectivity index is 1.85. The van der Waals surface area contributed by atoms with Gasteiger partial charge in [0, 0.05) is 23.2 Å². The lowest BCUT2D eigenvalue weighted by Gasteiger charge is -2.10. The summed E-state index contributed by atoms with van der Waals surface area (Å²) in [5.41, 5.74) is 3.43. The quantitative estimate of drug-likeness (QED) is 0.790. The van der Waals surface area contributed by atoms with E-state index in [0.29, 0.717) is 12.1 Å². The number of nitrogens with zero attached hydrogens (tertiary/aromatic N) is 2. The molecule has 0 bridgehead atoms. The van der Waals surface area contributed by atoms with E-state index in [4.69, 9.17) is 0 Å². The third kappa shape index (κ3) is 2.68. The first-order valence-electron chi connectivity index (χ1n) is 6.69. The molecule has 0 aliphatic heterocycles. The molecular formula is C17H16N2O. The van der Waals surface area contributed by atoms with Crippen LogP contribution in [0.2, 0.25) is 0 Å². The van der Waals surface area contributed by atoms with Crippen molar-refractivity contribution in [1.29, 1.82) is 0 Å². The predicted molar refractivity (Wildman–Crippen MR) is 79.4 cm³/mol. The summed E-state index contributed by atoms with van der Waals surface area (Å²) in [6.45, 7) is 1.92. The van der Waals surface area contributed by atoms with Crippen LogP contribution in [0.1, 0.15) is 23.2 Å². The van der Waals surface area contributed by atoms with Crippen molar-refractivity contribution in [3.8, 4) is 0 Å². The van der Waals surface area contributed by atoms with Gasteiger partial charge in [-0.15, -0.1) is 0 Å². The van der Waals surface area contributed by atoms with Gasteiger partial charge in [-0.25, -0.2) is 0 Å². The molecule has 0 fully saturated rings. The Morgan fingerprint density at radius 2 is 1.80 bits per heavy atom. The molecule has 3 nitrogen and oxygen atoms in total. The molecule has 3 rings (SSSR count). The van der Waals surface area contributed by atoms with Crippen LogP contribution in [-0.2, 0) is 6.42 Å². The van der Waals surface area contributed by atoms with Crippen molar-refractivity contribution in [1.82, 2.24) is 9.97 Å². The van der Waals surface area contributed by atoms with E-state index in [-0.39, 0.29) is 0 Å². The predicted octanol–water partition coefficient (Wildman–Crippen LogP) is 3.21. The lowest BCUT2D eigenvalue weighted by atomic mass is 10.1. The Hall–Kier alpha value is -2.26. The number of fused-ring (bicyclic) bond motifs is 1. The Morgan fingerprint density at radius 1 is 0.950 bits per heavy atom. The number of aliphatic hydroxyl groups excluding tert-OH is 1. The summed E-state index contributed by atoms with van der Waals surface area (Å²) in [5, 5.41) is 11.4. The smallest absolute Gasteiger partial charge is 0.101 e. The van der Waals surface area contributed by atoms with E-state index in [1.807, 2.05) is 61.5 Å². The zero-order chi connectivity index (χ0) is 13.9. The minimum Gasteiger partial charge on any atom is -0.386 e. The van der Waals surface area contributed by atoms with E-state index in [1.165, 1.54) is 0 Å². The van der Waals surface area contributed by atoms with Crippen LogP contribution in [0.5, 0.6) is 0 Å². The highest BCUT2D eigenvalue weighted by molar-refractivity contribution is 5.78. The number of para-hydroxylation sites is 1. The van der Waals surface area contributed by atoms with Crippen molar-refractivity contribution < 1.29 is 5.11 Å². The van der Waals surface area contributed by atoms with Gasteiger partial charge in [-0.2, -0.15) is 0 Å². The minimum absolute atomic E-state index is 0.473. The number of aryl methyl sites for hydroxylation is 1. The van der Waals surface area contributed by atoms with E-state index < -0.39 is 6.10 Å². The molecule has 3 heteroatoms. The molecule has 2 aromatic heterocycles. The lowest BCUT2D eigenvalue weighted by molar-refractivity contribution is 0.172. The summed E-state index contributed by atoms with van der Waals surface area (Å²) in [4.78, 5) is 8.93. The molecule has 1 unspecified atom stereocenters. The number of hydrogen-bond acceptors (Lipinski definition) is 3. The van der Waals surface area contributed by atoms with Gasteiger partial charge in [0.25, 0.3) is 0 Å². The summed E-state index contributed by atoms with van der Waals surface area (Å²) in [7, 11) is 0. The van der Waals surface area contributed by atoms with Crippen molar-refractivity contribution >= 4 is 10.9 Å². The van der Waals surface area contributed by atoms with Crippen LogP contribution in [0.25, 0.3) is 10.9 Å². The number of benzene rings is 1. The van der Waals surface area contributed by atoms with Crippen LogP contribution < -0.4 is 0 Å². The molecule has 1 N–H and O–H groups in total. The molecule has 0 radical (unpaired) electrons. The van der Waals surface area contributed by atoms with E-state index in [9.17, 15) is 5.11 Å². The fourth-order valence-electron chi connectivity index (χ4n) is 2.27. The van der Waals surface area contributed by atoms with Gasteiger partial charge in [0.05, 0.1) is 11.2 Å². The average Bonchev–Trinajstić information content (AvgIpc) is 2.47. The van der Waals surface area contributed by atoms with E-state index in [1.54, 1.807) is 0 Å². The van der Waals surface area contributed by atoms with Crippen LogP contribution in [0.3, 0.4) is 0 Å². The maximum atomic E-state index is 10.3. The van der Waals surface area contributed by atoms with Crippen LogP contribution in [0, 0.1) is 6.92 Å². The molecule has 0 aliphatic rings. The van der Waals surface area contributed by atoms with E-state index in [0.717, 1.165) is 22.3 Å². The lowest BCUT2D eigenvalue weighted by Crippen LogP contribution is -2.06. The number of aromatic nitrogens is 2. The standard InChI is InChI=1S/C17H16N2O/c1-12-5-4-8-16(18-12)17(20)11-14-10-9-13-6-2-3-7-15(13)19-14/h2-10,17,20H,11H2,1H3. The Labute approximate surface area is 117 Å². The number of rotatable bonds is 3. The first kappa shape index (κ1) is 12.8. The maximum absolute atomic E-state index is 10.3. The second-order valence-electron chi connectivity index (χ2n) is 4.92. The molecule has 0 amide bonds.